The fourth-order valence-electron chi connectivity index (χ4n) is 3.88. The van der Waals surface area contributed by atoms with Crippen LogP contribution in [0.4, 0.5) is 11.6 Å². The van der Waals surface area contributed by atoms with E-state index in [9.17, 15) is 0 Å². The zero-order chi connectivity index (χ0) is 20.8. The average Bonchev–Trinajstić information content (AvgIpc) is 2.81. The van der Waals surface area contributed by atoms with Crippen LogP contribution in [0.15, 0.2) is 47.7 Å². The summed E-state index contributed by atoms with van der Waals surface area (Å²) < 4.78 is 0. The van der Waals surface area contributed by atoms with Crippen molar-refractivity contribution in [2.75, 3.05) is 75.2 Å². The maximum atomic E-state index is 6.26. The quantitative estimate of drug-likeness (QED) is 0.343. The summed E-state index contributed by atoms with van der Waals surface area (Å²) >= 11 is 5.98. The highest BCUT2D eigenvalue weighted by molar-refractivity contribution is 14.0. The Morgan fingerprint density at radius 2 is 1.52 bits per heavy atom. The molecule has 0 atom stereocenters. The largest absolute Gasteiger partial charge is 0.370 e. The maximum Gasteiger partial charge on any atom is 0.225 e. The van der Waals surface area contributed by atoms with Crippen LogP contribution < -0.4 is 15.5 Å². The Morgan fingerprint density at radius 3 is 2.16 bits per heavy atom. The molecule has 1 aromatic heterocycles. The lowest BCUT2D eigenvalue weighted by atomic mass is 10.2. The summed E-state index contributed by atoms with van der Waals surface area (Å²) in [5.74, 6) is 1.47. The van der Waals surface area contributed by atoms with Gasteiger partial charge in [0.25, 0.3) is 0 Å². The number of benzene rings is 1. The molecule has 10 heteroatoms. The van der Waals surface area contributed by atoms with Gasteiger partial charge >= 0.3 is 0 Å². The molecule has 4 rings (SSSR count). The first-order valence-corrected chi connectivity index (χ1v) is 10.9. The van der Waals surface area contributed by atoms with Crippen LogP contribution in [-0.2, 0) is 0 Å². The zero-order valence-corrected chi connectivity index (χ0v) is 20.7. The molecule has 2 fully saturated rings. The minimum absolute atomic E-state index is 0. The lowest BCUT2D eigenvalue weighted by Crippen LogP contribution is -2.51. The first-order chi connectivity index (χ1) is 14.7. The first-order valence-electron chi connectivity index (χ1n) is 10.5. The number of aliphatic imine (C=N–C) groups is 1. The van der Waals surface area contributed by atoms with E-state index in [1.165, 1.54) is 5.69 Å². The van der Waals surface area contributed by atoms with Crippen LogP contribution in [0, 0.1) is 0 Å². The van der Waals surface area contributed by atoms with Crippen LogP contribution in [-0.4, -0.2) is 91.2 Å². The van der Waals surface area contributed by atoms with Gasteiger partial charge in [-0.3, -0.25) is 9.89 Å². The summed E-state index contributed by atoms with van der Waals surface area (Å²) in [4.78, 5) is 22.5. The van der Waals surface area contributed by atoms with Gasteiger partial charge in [-0.05, 0) is 30.3 Å². The van der Waals surface area contributed by atoms with Gasteiger partial charge in [0, 0.05) is 82.0 Å². The van der Waals surface area contributed by atoms with Crippen molar-refractivity contribution < 1.29 is 0 Å². The molecule has 8 nitrogen and oxygen atoms in total. The molecule has 2 aliphatic heterocycles. The third-order valence-corrected chi connectivity index (χ3v) is 5.94. The molecule has 2 aromatic rings. The van der Waals surface area contributed by atoms with Gasteiger partial charge in [0.2, 0.25) is 5.95 Å². The molecule has 0 saturated carbocycles. The van der Waals surface area contributed by atoms with E-state index in [2.05, 4.69) is 46.7 Å². The van der Waals surface area contributed by atoms with Gasteiger partial charge in [0.05, 0.1) is 6.54 Å². The summed E-state index contributed by atoms with van der Waals surface area (Å²) in [5, 5.41) is 0.767. The van der Waals surface area contributed by atoms with Gasteiger partial charge < -0.3 is 20.4 Å². The third-order valence-electron chi connectivity index (χ3n) is 5.69. The number of aromatic nitrogens is 2. The molecule has 2 N–H and O–H groups in total. The van der Waals surface area contributed by atoms with Crippen molar-refractivity contribution in [2.24, 2.45) is 10.7 Å². The molecule has 0 amide bonds. The number of halogens is 2. The van der Waals surface area contributed by atoms with Crippen LogP contribution in [0.2, 0.25) is 5.02 Å². The van der Waals surface area contributed by atoms with Gasteiger partial charge in [-0.2, -0.15) is 0 Å². The molecule has 1 aromatic carbocycles. The summed E-state index contributed by atoms with van der Waals surface area (Å²) in [7, 11) is 0. The van der Waals surface area contributed by atoms with Gasteiger partial charge in [0.1, 0.15) is 0 Å². The van der Waals surface area contributed by atoms with Crippen molar-refractivity contribution in [2.45, 2.75) is 0 Å². The molecule has 0 spiro atoms. The van der Waals surface area contributed by atoms with Crippen LogP contribution >= 0.6 is 35.6 Å². The number of guanidine groups is 1. The van der Waals surface area contributed by atoms with E-state index >= 15 is 0 Å². The maximum absolute atomic E-state index is 6.26. The topological polar surface area (TPSA) is 77.1 Å². The van der Waals surface area contributed by atoms with Crippen molar-refractivity contribution in [3.05, 3.63) is 47.7 Å². The van der Waals surface area contributed by atoms with Crippen molar-refractivity contribution >= 4 is 53.2 Å². The molecule has 0 unspecified atom stereocenters. The van der Waals surface area contributed by atoms with E-state index in [1.54, 1.807) is 12.4 Å². The minimum atomic E-state index is 0. The highest BCUT2D eigenvalue weighted by atomic mass is 127. The highest BCUT2D eigenvalue weighted by Crippen LogP contribution is 2.19. The van der Waals surface area contributed by atoms with Crippen molar-refractivity contribution in [1.82, 2.24) is 19.8 Å². The number of hydrogen-bond acceptors (Lipinski definition) is 6. The van der Waals surface area contributed by atoms with E-state index in [4.69, 9.17) is 17.3 Å². The van der Waals surface area contributed by atoms with Crippen LogP contribution in [0.3, 0.4) is 0 Å². The Morgan fingerprint density at radius 1 is 0.903 bits per heavy atom. The van der Waals surface area contributed by atoms with Gasteiger partial charge in [-0.1, -0.05) is 11.6 Å². The molecular formula is C21H30ClIN8. The number of anilines is 2. The molecule has 31 heavy (non-hydrogen) atoms. The minimum Gasteiger partial charge on any atom is -0.370 e. The van der Waals surface area contributed by atoms with Crippen molar-refractivity contribution in [3.63, 3.8) is 0 Å². The summed E-state index contributed by atoms with van der Waals surface area (Å²) in [6.45, 7) is 9.15. The normalized spacial score (nSPS) is 18.1. The Balaban J connectivity index is 0.00000272. The molecule has 0 radical (unpaired) electrons. The average molecular weight is 557 g/mol. The lowest BCUT2D eigenvalue weighted by Gasteiger charge is -2.37. The van der Waals surface area contributed by atoms with Gasteiger partial charge in [-0.15, -0.1) is 24.0 Å². The predicted octanol–water partition coefficient (Wildman–Crippen LogP) is 2.01. The molecule has 168 valence electrons. The van der Waals surface area contributed by atoms with Crippen LogP contribution in [0.1, 0.15) is 0 Å². The van der Waals surface area contributed by atoms with Crippen molar-refractivity contribution in [3.8, 4) is 0 Å². The van der Waals surface area contributed by atoms with E-state index < -0.39 is 0 Å². The fraction of sp³-hybridized carbons (Fsp3) is 0.476. The summed E-state index contributed by atoms with van der Waals surface area (Å²) in [6, 6.07) is 9.86. The molecule has 0 aliphatic carbocycles. The van der Waals surface area contributed by atoms with E-state index in [1.807, 2.05) is 18.2 Å². The number of nitrogens with two attached hydrogens (primary N) is 1. The second kappa shape index (κ2) is 11.7. The Hall–Kier alpha value is -1.85. The summed E-state index contributed by atoms with van der Waals surface area (Å²) in [6.07, 6.45) is 3.59. The highest BCUT2D eigenvalue weighted by Gasteiger charge is 2.20. The number of piperazine rings is 2. The standard InChI is InChI=1S/C21H29ClN8.HI/c22-18-2-4-19(5-3-18)28-14-16-29(17-15-28)20(23)24-8-9-27-10-12-30(13-11-27)21-25-6-1-7-26-21;/h1-7H,8-17H2,(H2,23,24);1H. The van der Waals surface area contributed by atoms with Gasteiger partial charge in [0.15, 0.2) is 5.96 Å². The van der Waals surface area contributed by atoms with Crippen LogP contribution in [0.5, 0.6) is 0 Å². The fourth-order valence-corrected chi connectivity index (χ4v) is 4.00. The Kier molecular flexibility index (Phi) is 8.97. The third kappa shape index (κ3) is 6.56. The monoisotopic (exact) mass is 556 g/mol. The molecule has 0 bridgehead atoms. The Bertz CT molecular complexity index is 819. The number of nitrogens with zero attached hydrogens (tertiary/aromatic N) is 7. The van der Waals surface area contributed by atoms with E-state index in [0.717, 1.165) is 76.4 Å². The van der Waals surface area contributed by atoms with Crippen LogP contribution in [0.25, 0.3) is 0 Å². The molecule has 2 saturated heterocycles. The molecule has 2 aliphatic rings. The predicted molar refractivity (Wildman–Crippen MR) is 138 cm³/mol. The second-order valence-electron chi connectivity index (χ2n) is 7.57. The molecule has 3 heterocycles. The Labute approximate surface area is 206 Å². The van der Waals surface area contributed by atoms with Gasteiger partial charge in [-0.25, -0.2) is 9.97 Å². The molecular weight excluding hydrogens is 527 g/mol. The van der Waals surface area contributed by atoms with E-state index in [-0.39, 0.29) is 24.0 Å². The van der Waals surface area contributed by atoms with E-state index in [0.29, 0.717) is 5.96 Å². The SMILES string of the molecule is I.NC(=NCCN1CCN(c2ncccn2)CC1)N1CCN(c2ccc(Cl)cc2)CC1. The smallest absolute Gasteiger partial charge is 0.225 e. The second-order valence-corrected chi connectivity index (χ2v) is 8.00. The summed E-state index contributed by atoms with van der Waals surface area (Å²) in [5.41, 5.74) is 7.47. The number of rotatable bonds is 5. The lowest BCUT2D eigenvalue weighted by molar-refractivity contribution is 0.263. The van der Waals surface area contributed by atoms with Crippen molar-refractivity contribution in [1.29, 1.82) is 0 Å². The number of hydrogen-bond donors (Lipinski definition) is 1. The zero-order valence-electron chi connectivity index (χ0n) is 17.6. The first kappa shape index (κ1) is 23.8.